The van der Waals surface area contributed by atoms with Crippen molar-refractivity contribution in [2.75, 3.05) is 6.54 Å². The van der Waals surface area contributed by atoms with Gasteiger partial charge in [0, 0.05) is 6.54 Å². The molecule has 0 spiro atoms. The zero-order valence-corrected chi connectivity index (χ0v) is 10.7. The molecular weight excluding hydrogens is 208 g/mol. The van der Waals surface area contributed by atoms with Crippen molar-refractivity contribution in [3.63, 3.8) is 0 Å². The van der Waals surface area contributed by atoms with Crippen LogP contribution in [0, 0.1) is 30.1 Å². The predicted octanol–water partition coefficient (Wildman–Crippen LogP) is 3.00. The maximum Gasteiger partial charge on any atom is 0.0991 e. The predicted molar refractivity (Wildman–Crippen MR) is 69.5 cm³/mol. The minimum absolute atomic E-state index is 0.748. The third-order valence-electron chi connectivity index (χ3n) is 3.68. The fraction of sp³-hybridized carbons (Fsp3) is 0.533. The normalized spacial score (nSPS) is 16.5. The minimum atomic E-state index is 0.748. The Morgan fingerprint density at radius 2 is 2.24 bits per heavy atom. The highest BCUT2D eigenvalue weighted by molar-refractivity contribution is 5.37. The summed E-state index contributed by atoms with van der Waals surface area (Å²) in [7, 11) is 0. The number of nitrogens with one attached hydrogen (secondary N) is 1. The van der Waals surface area contributed by atoms with E-state index in [1.165, 1.54) is 24.0 Å². The maximum absolute atomic E-state index is 8.80. The quantitative estimate of drug-likeness (QED) is 0.841. The molecule has 0 radical (unpaired) electrons. The molecule has 2 rings (SSSR count). The van der Waals surface area contributed by atoms with Gasteiger partial charge in [0.05, 0.1) is 11.6 Å². The van der Waals surface area contributed by atoms with Crippen molar-refractivity contribution in [3.8, 4) is 6.07 Å². The molecule has 2 heteroatoms. The first-order chi connectivity index (χ1) is 8.20. The van der Waals surface area contributed by atoms with E-state index in [2.05, 4.69) is 31.3 Å². The molecule has 1 aromatic rings. The summed E-state index contributed by atoms with van der Waals surface area (Å²) in [6.45, 7) is 6.41. The Balaban J connectivity index is 1.84. The van der Waals surface area contributed by atoms with E-state index >= 15 is 0 Å². The molecule has 1 aliphatic carbocycles. The van der Waals surface area contributed by atoms with Crippen LogP contribution in [0.4, 0.5) is 0 Å². The zero-order chi connectivity index (χ0) is 12.3. The summed E-state index contributed by atoms with van der Waals surface area (Å²) in [5.41, 5.74) is 3.25. The van der Waals surface area contributed by atoms with Crippen molar-refractivity contribution >= 4 is 0 Å². The minimum Gasteiger partial charge on any atom is -0.312 e. The van der Waals surface area contributed by atoms with E-state index in [1.54, 1.807) is 0 Å². The van der Waals surface area contributed by atoms with Gasteiger partial charge >= 0.3 is 0 Å². The molecule has 1 aromatic carbocycles. The molecule has 1 atom stereocenters. The van der Waals surface area contributed by atoms with E-state index in [0.717, 1.165) is 30.5 Å². The topological polar surface area (TPSA) is 35.8 Å². The van der Waals surface area contributed by atoms with Crippen LogP contribution in [-0.2, 0) is 6.54 Å². The lowest BCUT2D eigenvalue weighted by Gasteiger charge is -2.12. The summed E-state index contributed by atoms with van der Waals surface area (Å²) < 4.78 is 0. The number of benzene rings is 1. The Kier molecular flexibility index (Phi) is 3.81. The van der Waals surface area contributed by atoms with Crippen LogP contribution >= 0.6 is 0 Å². The molecule has 17 heavy (non-hydrogen) atoms. The first-order valence-corrected chi connectivity index (χ1v) is 6.41. The number of aryl methyl sites for hydroxylation is 1. The van der Waals surface area contributed by atoms with Crippen LogP contribution < -0.4 is 5.32 Å². The van der Waals surface area contributed by atoms with E-state index < -0.39 is 0 Å². The highest BCUT2D eigenvalue weighted by Gasteiger charge is 2.27. The molecule has 0 saturated heterocycles. The Labute approximate surface area is 104 Å². The summed E-state index contributed by atoms with van der Waals surface area (Å²) >= 11 is 0. The molecule has 0 aromatic heterocycles. The number of hydrogen-bond acceptors (Lipinski definition) is 2. The number of nitrogens with zero attached hydrogens (tertiary/aromatic N) is 1. The lowest BCUT2D eigenvalue weighted by Crippen LogP contribution is -2.22. The van der Waals surface area contributed by atoms with Crippen molar-refractivity contribution in [1.29, 1.82) is 5.26 Å². The van der Waals surface area contributed by atoms with Crippen LogP contribution in [0.15, 0.2) is 18.2 Å². The summed E-state index contributed by atoms with van der Waals surface area (Å²) in [6, 6.07) is 8.09. The summed E-state index contributed by atoms with van der Waals surface area (Å²) in [5.74, 6) is 1.76. The van der Waals surface area contributed by atoms with E-state index in [-0.39, 0.29) is 0 Å². The first-order valence-electron chi connectivity index (χ1n) is 6.41. The van der Waals surface area contributed by atoms with Crippen LogP contribution in [0.3, 0.4) is 0 Å². The van der Waals surface area contributed by atoms with Gasteiger partial charge in [-0.25, -0.2) is 0 Å². The Morgan fingerprint density at radius 1 is 1.47 bits per heavy atom. The second kappa shape index (κ2) is 5.33. The molecule has 0 amide bonds. The van der Waals surface area contributed by atoms with E-state index in [4.69, 9.17) is 5.26 Å². The summed E-state index contributed by atoms with van der Waals surface area (Å²) in [4.78, 5) is 0. The number of nitriles is 1. The highest BCUT2D eigenvalue weighted by Crippen LogP contribution is 2.36. The molecule has 0 heterocycles. The average Bonchev–Trinajstić information content (AvgIpc) is 3.15. The van der Waals surface area contributed by atoms with E-state index in [0.29, 0.717) is 0 Å². The Morgan fingerprint density at radius 3 is 2.82 bits per heavy atom. The van der Waals surface area contributed by atoms with E-state index in [9.17, 15) is 0 Å². The second-order valence-corrected chi connectivity index (χ2v) is 5.20. The van der Waals surface area contributed by atoms with Crippen LogP contribution in [0.1, 0.15) is 36.5 Å². The molecule has 1 unspecified atom stereocenters. The van der Waals surface area contributed by atoms with Gasteiger partial charge in [-0.15, -0.1) is 0 Å². The SMILES string of the molecule is Cc1cc(C#N)ccc1CNCC(C)C1CC1. The monoisotopic (exact) mass is 228 g/mol. The van der Waals surface area contributed by atoms with Crippen LogP contribution in [-0.4, -0.2) is 6.54 Å². The fourth-order valence-corrected chi connectivity index (χ4v) is 2.23. The van der Waals surface area contributed by atoms with Gasteiger partial charge in [0.25, 0.3) is 0 Å². The highest BCUT2D eigenvalue weighted by atomic mass is 14.9. The third kappa shape index (κ3) is 3.31. The second-order valence-electron chi connectivity index (χ2n) is 5.20. The molecule has 0 aliphatic heterocycles. The van der Waals surface area contributed by atoms with Crippen molar-refractivity contribution in [2.45, 2.75) is 33.2 Å². The van der Waals surface area contributed by atoms with Gasteiger partial charge in [0.15, 0.2) is 0 Å². The lowest BCUT2D eigenvalue weighted by molar-refractivity contribution is 0.461. The smallest absolute Gasteiger partial charge is 0.0991 e. The van der Waals surface area contributed by atoms with Gasteiger partial charge in [-0.3, -0.25) is 0 Å². The standard InChI is InChI=1S/C15H20N2/c1-11-7-13(8-16)3-4-15(11)10-17-9-12(2)14-5-6-14/h3-4,7,12,14,17H,5-6,9-10H2,1-2H3. The molecule has 1 aliphatic rings. The summed E-state index contributed by atoms with van der Waals surface area (Å²) in [6.07, 6.45) is 2.83. The summed E-state index contributed by atoms with van der Waals surface area (Å²) in [5, 5.41) is 12.3. The average molecular weight is 228 g/mol. The molecule has 1 saturated carbocycles. The van der Waals surface area contributed by atoms with Gasteiger partial charge in [0.2, 0.25) is 0 Å². The Bertz CT molecular complexity index is 427. The Hall–Kier alpha value is -1.33. The molecule has 1 N–H and O–H groups in total. The largest absolute Gasteiger partial charge is 0.312 e. The van der Waals surface area contributed by atoms with Crippen molar-refractivity contribution in [2.24, 2.45) is 11.8 Å². The van der Waals surface area contributed by atoms with Crippen LogP contribution in [0.25, 0.3) is 0 Å². The van der Waals surface area contributed by atoms with Gasteiger partial charge < -0.3 is 5.32 Å². The maximum atomic E-state index is 8.80. The van der Waals surface area contributed by atoms with Crippen LogP contribution in [0.2, 0.25) is 0 Å². The molecular formula is C15H20N2. The molecule has 1 fully saturated rings. The van der Waals surface area contributed by atoms with Gasteiger partial charge in [-0.05, 0) is 61.4 Å². The van der Waals surface area contributed by atoms with E-state index in [1.807, 2.05) is 12.1 Å². The van der Waals surface area contributed by atoms with Crippen molar-refractivity contribution < 1.29 is 0 Å². The van der Waals surface area contributed by atoms with Gasteiger partial charge in [-0.2, -0.15) is 5.26 Å². The lowest BCUT2D eigenvalue weighted by atomic mass is 10.0. The number of hydrogen-bond donors (Lipinski definition) is 1. The van der Waals surface area contributed by atoms with Crippen molar-refractivity contribution in [1.82, 2.24) is 5.32 Å². The zero-order valence-electron chi connectivity index (χ0n) is 10.7. The van der Waals surface area contributed by atoms with Crippen molar-refractivity contribution in [3.05, 3.63) is 34.9 Å². The molecule has 2 nitrogen and oxygen atoms in total. The molecule has 0 bridgehead atoms. The molecule has 90 valence electrons. The van der Waals surface area contributed by atoms with Gasteiger partial charge in [0.1, 0.15) is 0 Å². The van der Waals surface area contributed by atoms with Gasteiger partial charge in [-0.1, -0.05) is 13.0 Å². The fourth-order valence-electron chi connectivity index (χ4n) is 2.23. The first kappa shape index (κ1) is 12.1. The van der Waals surface area contributed by atoms with Crippen LogP contribution in [0.5, 0.6) is 0 Å². The number of rotatable bonds is 5. The third-order valence-corrected chi connectivity index (χ3v) is 3.68.